The van der Waals surface area contributed by atoms with Gasteiger partial charge in [0.05, 0.1) is 10.5 Å². The van der Waals surface area contributed by atoms with Crippen LogP contribution >= 0.6 is 0 Å². The van der Waals surface area contributed by atoms with E-state index in [0.717, 1.165) is 12.2 Å². The predicted octanol–water partition coefficient (Wildman–Crippen LogP) is 1.15. The Bertz CT molecular complexity index is 630. The van der Waals surface area contributed by atoms with Gasteiger partial charge in [-0.05, 0) is 18.6 Å². The standard InChI is InChI=1S/C12H8N2O5/c1-7-2-3-9(12(14(18)19)8(7)6-15)13-10(16)4-5-11(13)17/h2-6H,1H3. The van der Waals surface area contributed by atoms with Gasteiger partial charge in [-0.15, -0.1) is 0 Å². The topological polar surface area (TPSA) is 97.6 Å². The Hall–Kier alpha value is -2.83. The molecule has 0 aromatic heterocycles. The van der Waals surface area contributed by atoms with Gasteiger partial charge in [-0.1, -0.05) is 6.07 Å². The van der Waals surface area contributed by atoms with Crippen LogP contribution < -0.4 is 4.90 Å². The number of nitro groups is 1. The number of nitro benzene ring substituents is 1. The smallest absolute Gasteiger partial charge is 0.298 e. The summed E-state index contributed by atoms with van der Waals surface area (Å²) in [5.74, 6) is -1.34. The maximum Gasteiger partial charge on any atom is 0.304 e. The van der Waals surface area contributed by atoms with Crippen LogP contribution in [0.4, 0.5) is 11.4 Å². The highest BCUT2D eigenvalue weighted by Gasteiger charge is 2.33. The highest BCUT2D eigenvalue weighted by molar-refractivity contribution is 6.29. The first-order chi connectivity index (χ1) is 8.97. The zero-order valence-corrected chi connectivity index (χ0v) is 9.82. The number of anilines is 1. The van der Waals surface area contributed by atoms with E-state index in [1.807, 2.05) is 0 Å². The summed E-state index contributed by atoms with van der Waals surface area (Å²) in [4.78, 5) is 45.1. The molecule has 1 aromatic rings. The molecule has 1 aliphatic rings. The number of nitrogens with zero attached hydrogens (tertiary/aromatic N) is 2. The van der Waals surface area contributed by atoms with Crippen LogP contribution in [-0.4, -0.2) is 23.0 Å². The first-order valence-electron chi connectivity index (χ1n) is 5.26. The molecule has 2 rings (SSSR count). The quantitative estimate of drug-likeness (QED) is 0.351. The van der Waals surface area contributed by atoms with E-state index < -0.39 is 22.4 Å². The van der Waals surface area contributed by atoms with E-state index in [0.29, 0.717) is 16.7 Å². The number of aldehydes is 1. The zero-order chi connectivity index (χ0) is 14.2. The SMILES string of the molecule is Cc1ccc(N2C(=O)C=CC2=O)c([N+](=O)[O-])c1C=O. The van der Waals surface area contributed by atoms with Gasteiger partial charge in [-0.3, -0.25) is 24.5 Å². The Morgan fingerprint density at radius 3 is 2.26 bits per heavy atom. The molecule has 0 saturated carbocycles. The van der Waals surface area contributed by atoms with Crippen LogP contribution in [0.1, 0.15) is 15.9 Å². The number of hydrogen-bond acceptors (Lipinski definition) is 5. The van der Waals surface area contributed by atoms with E-state index in [4.69, 9.17) is 0 Å². The van der Waals surface area contributed by atoms with Crippen molar-refractivity contribution in [2.75, 3.05) is 4.90 Å². The monoisotopic (exact) mass is 260 g/mol. The van der Waals surface area contributed by atoms with Crippen molar-refractivity contribution in [3.63, 3.8) is 0 Å². The van der Waals surface area contributed by atoms with Crippen LogP contribution in [0.3, 0.4) is 0 Å². The molecule has 0 aliphatic carbocycles. The number of benzene rings is 1. The lowest BCUT2D eigenvalue weighted by atomic mass is 10.1. The van der Waals surface area contributed by atoms with Crippen LogP contribution in [-0.2, 0) is 9.59 Å². The first-order valence-corrected chi connectivity index (χ1v) is 5.26. The number of carbonyl (C=O) groups excluding carboxylic acids is 3. The van der Waals surface area contributed by atoms with Gasteiger partial charge >= 0.3 is 5.69 Å². The number of rotatable bonds is 3. The largest absolute Gasteiger partial charge is 0.304 e. The average molecular weight is 260 g/mol. The minimum Gasteiger partial charge on any atom is -0.298 e. The Balaban J connectivity index is 2.71. The first kappa shape index (κ1) is 12.6. The van der Waals surface area contributed by atoms with Gasteiger partial charge in [0, 0.05) is 12.2 Å². The lowest BCUT2D eigenvalue weighted by Gasteiger charge is -2.15. The summed E-state index contributed by atoms with van der Waals surface area (Å²) in [6.45, 7) is 1.53. The molecule has 0 N–H and O–H groups in total. The fourth-order valence-electron chi connectivity index (χ4n) is 1.86. The number of aryl methyl sites for hydroxylation is 1. The Kier molecular flexibility index (Phi) is 2.95. The fraction of sp³-hybridized carbons (Fsp3) is 0.0833. The van der Waals surface area contributed by atoms with E-state index in [1.54, 1.807) is 0 Å². The minimum atomic E-state index is -0.773. The van der Waals surface area contributed by atoms with Gasteiger partial charge in [0.2, 0.25) is 0 Å². The Labute approximate surface area is 107 Å². The predicted molar refractivity (Wildman–Crippen MR) is 64.9 cm³/mol. The van der Waals surface area contributed by atoms with Crippen LogP contribution in [0.5, 0.6) is 0 Å². The molecule has 2 amide bonds. The number of hydrogen-bond donors (Lipinski definition) is 0. The third kappa shape index (κ3) is 1.90. The summed E-state index contributed by atoms with van der Waals surface area (Å²) in [6.07, 6.45) is 2.38. The van der Waals surface area contributed by atoms with Crippen molar-refractivity contribution in [2.24, 2.45) is 0 Å². The Morgan fingerprint density at radius 2 is 1.79 bits per heavy atom. The molecule has 1 aromatic carbocycles. The second-order valence-electron chi connectivity index (χ2n) is 3.88. The zero-order valence-electron chi connectivity index (χ0n) is 9.82. The number of amides is 2. The summed E-state index contributed by atoms with van der Waals surface area (Å²) < 4.78 is 0. The molecular formula is C12H8N2O5. The molecule has 1 aliphatic heterocycles. The highest BCUT2D eigenvalue weighted by Crippen LogP contribution is 2.34. The summed E-state index contributed by atoms with van der Waals surface area (Å²) in [7, 11) is 0. The van der Waals surface area contributed by atoms with Crippen molar-refractivity contribution in [1.29, 1.82) is 0 Å². The minimum absolute atomic E-state index is 0.144. The molecule has 19 heavy (non-hydrogen) atoms. The lowest BCUT2D eigenvalue weighted by Crippen LogP contribution is -2.30. The molecule has 0 radical (unpaired) electrons. The normalized spacial score (nSPS) is 14.1. The molecule has 0 spiro atoms. The second-order valence-corrected chi connectivity index (χ2v) is 3.88. The van der Waals surface area contributed by atoms with E-state index in [-0.39, 0.29) is 11.3 Å². The summed E-state index contributed by atoms with van der Waals surface area (Å²) >= 11 is 0. The average Bonchev–Trinajstić information content (AvgIpc) is 2.69. The van der Waals surface area contributed by atoms with Crippen molar-refractivity contribution in [3.05, 3.63) is 45.5 Å². The van der Waals surface area contributed by atoms with E-state index in [1.165, 1.54) is 19.1 Å². The van der Waals surface area contributed by atoms with E-state index in [9.17, 15) is 24.5 Å². The molecular weight excluding hydrogens is 252 g/mol. The highest BCUT2D eigenvalue weighted by atomic mass is 16.6. The van der Waals surface area contributed by atoms with Crippen LogP contribution in [0.15, 0.2) is 24.3 Å². The van der Waals surface area contributed by atoms with Gasteiger partial charge < -0.3 is 0 Å². The van der Waals surface area contributed by atoms with Gasteiger partial charge in [-0.2, -0.15) is 0 Å². The maximum absolute atomic E-state index is 11.6. The third-order valence-electron chi connectivity index (χ3n) is 2.76. The van der Waals surface area contributed by atoms with Crippen LogP contribution in [0.25, 0.3) is 0 Å². The van der Waals surface area contributed by atoms with Crippen molar-refractivity contribution < 1.29 is 19.3 Å². The molecule has 0 atom stereocenters. The molecule has 96 valence electrons. The van der Waals surface area contributed by atoms with E-state index >= 15 is 0 Å². The Morgan fingerprint density at radius 1 is 1.21 bits per heavy atom. The lowest BCUT2D eigenvalue weighted by molar-refractivity contribution is -0.384. The number of imide groups is 1. The molecule has 7 nitrogen and oxygen atoms in total. The van der Waals surface area contributed by atoms with Crippen molar-refractivity contribution in [1.82, 2.24) is 0 Å². The summed E-state index contributed by atoms with van der Waals surface area (Å²) in [5, 5.41) is 11.1. The second kappa shape index (κ2) is 4.45. The van der Waals surface area contributed by atoms with Gasteiger partial charge in [0.1, 0.15) is 5.69 Å². The van der Waals surface area contributed by atoms with E-state index in [2.05, 4.69) is 0 Å². The van der Waals surface area contributed by atoms with Crippen LogP contribution in [0, 0.1) is 17.0 Å². The van der Waals surface area contributed by atoms with Gasteiger partial charge in [-0.25, -0.2) is 4.90 Å². The fourth-order valence-corrected chi connectivity index (χ4v) is 1.86. The molecule has 0 fully saturated rings. The summed E-state index contributed by atoms with van der Waals surface area (Å²) in [5.41, 5.74) is -0.481. The molecule has 0 saturated heterocycles. The van der Waals surface area contributed by atoms with Gasteiger partial charge in [0.15, 0.2) is 6.29 Å². The third-order valence-corrected chi connectivity index (χ3v) is 2.76. The maximum atomic E-state index is 11.6. The molecule has 0 bridgehead atoms. The number of carbonyl (C=O) groups is 3. The van der Waals surface area contributed by atoms with Crippen molar-refractivity contribution >= 4 is 29.5 Å². The van der Waals surface area contributed by atoms with Crippen molar-refractivity contribution in [2.45, 2.75) is 6.92 Å². The molecule has 1 heterocycles. The van der Waals surface area contributed by atoms with Crippen LogP contribution in [0.2, 0.25) is 0 Å². The van der Waals surface area contributed by atoms with Crippen molar-refractivity contribution in [3.8, 4) is 0 Å². The summed E-state index contributed by atoms with van der Waals surface area (Å²) in [6, 6.07) is 2.73. The molecule has 7 heteroatoms. The van der Waals surface area contributed by atoms with Gasteiger partial charge in [0.25, 0.3) is 11.8 Å². The molecule has 0 unspecified atom stereocenters.